The lowest BCUT2D eigenvalue weighted by atomic mass is 10.0. The van der Waals surface area contributed by atoms with Crippen molar-refractivity contribution in [3.63, 3.8) is 0 Å². The summed E-state index contributed by atoms with van der Waals surface area (Å²) in [6.45, 7) is 2.72. The number of phenols is 1. The lowest BCUT2D eigenvalue weighted by molar-refractivity contribution is -0.139. The Bertz CT molecular complexity index is 725. The molecule has 138 valence electrons. The Hall–Kier alpha value is -2.86. The molecule has 0 unspecified atom stereocenters. The monoisotopic (exact) mass is 357 g/mol. The summed E-state index contributed by atoms with van der Waals surface area (Å²) in [4.78, 5) is 23.6. The van der Waals surface area contributed by atoms with E-state index in [1.807, 2.05) is 6.92 Å². The molecule has 0 spiro atoms. The number of rotatable bonds is 10. The fourth-order valence-electron chi connectivity index (χ4n) is 2.52. The normalized spacial score (nSPS) is 11.7. The number of carbonyl (C=O) groups is 2. The van der Waals surface area contributed by atoms with Crippen LogP contribution in [-0.2, 0) is 11.2 Å². The van der Waals surface area contributed by atoms with Gasteiger partial charge in [-0.05, 0) is 55.3 Å². The first-order chi connectivity index (χ1) is 12.5. The van der Waals surface area contributed by atoms with E-state index in [1.165, 1.54) is 12.1 Å². The first-order valence-corrected chi connectivity index (χ1v) is 8.49. The van der Waals surface area contributed by atoms with Crippen LogP contribution < -0.4 is 10.1 Å². The standard InChI is InChI=1S/C20H23NO5/c1-2-26-17-9-5-15(6-10-17)19(23)11-12-21-18(20(24)25)13-14-3-7-16(22)8-4-14/h3-10,18,21-22H,2,11-13H2,1H3,(H,24,25)/t18-/m0/s1. The number of hydrogen-bond acceptors (Lipinski definition) is 5. The maximum absolute atomic E-state index is 12.2. The van der Waals surface area contributed by atoms with Gasteiger partial charge in [0.2, 0.25) is 0 Å². The molecule has 0 saturated heterocycles. The Labute approximate surface area is 152 Å². The third-order valence-electron chi connectivity index (χ3n) is 3.90. The molecule has 1 atom stereocenters. The van der Waals surface area contributed by atoms with Gasteiger partial charge in [0.05, 0.1) is 6.61 Å². The second kappa shape index (κ2) is 9.58. The topological polar surface area (TPSA) is 95.9 Å². The molecular formula is C20H23NO5. The van der Waals surface area contributed by atoms with Gasteiger partial charge in [0.15, 0.2) is 5.78 Å². The molecule has 0 amide bonds. The van der Waals surface area contributed by atoms with Crippen molar-refractivity contribution >= 4 is 11.8 Å². The second-order valence-electron chi connectivity index (χ2n) is 5.85. The highest BCUT2D eigenvalue weighted by Gasteiger charge is 2.18. The molecule has 0 aromatic heterocycles. The first kappa shape index (κ1) is 19.5. The summed E-state index contributed by atoms with van der Waals surface area (Å²) >= 11 is 0. The van der Waals surface area contributed by atoms with Gasteiger partial charge in [-0.2, -0.15) is 0 Å². The molecule has 0 saturated carbocycles. The van der Waals surface area contributed by atoms with Crippen molar-refractivity contribution in [2.75, 3.05) is 13.2 Å². The van der Waals surface area contributed by atoms with Crippen molar-refractivity contribution in [3.05, 3.63) is 59.7 Å². The summed E-state index contributed by atoms with van der Waals surface area (Å²) in [7, 11) is 0. The minimum Gasteiger partial charge on any atom is -0.508 e. The maximum atomic E-state index is 12.2. The summed E-state index contributed by atoms with van der Waals surface area (Å²) in [5.74, 6) is -0.197. The van der Waals surface area contributed by atoms with E-state index in [2.05, 4.69) is 5.32 Å². The van der Waals surface area contributed by atoms with Gasteiger partial charge in [0.25, 0.3) is 0 Å². The number of ether oxygens (including phenoxy) is 1. The van der Waals surface area contributed by atoms with E-state index < -0.39 is 12.0 Å². The van der Waals surface area contributed by atoms with E-state index in [1.54, 1.807) is 36.4 Å². The van der Waals surface area contributed by atoms with E-state index in [4.69, 9.17) is 4.74 Å². The fraction of sp³-hybridized carbons (Fsp3) is 0.300. The van der Waals surface area contributed by atoms with E-state index in [-0.39, 0.29) is 30.9 Å². The molecule has 2 rings (SSSR count). The largest absolute Gasteiger partial charge is 0.508 e. The Balaban J connectivity index is 1.85. The number of ketones is 1. The molecule has 0 bridgehead atoms. The number of aliphatic carboxylic acids is 1. The molecule has 0 aliphatic heterocycles. The van der Waals surface area contributed by atoms with E-state index in [0.717, 1.165) is 5.56 Å². The average Bonchev–Trinajstić information content (AvgIpc) is 2.63. The molecule has 0 aliphatic rings. The van der Waals surface area contributed by atoms with E-state index >= 15 is 0 Å². The number of Topliss-reactive ketones (excluding diaryl/α,β-unsaturated/α-hetero) is 1. The maximum Gasteiger partial charge on any atom is 0.321 e. The van der Waals surface area contributed by atoms with Crippen LogP contribution >= 0.6 is 0 Å². The van der Waals surface area contributed by atoms with Crippen LogP contribution in [0.3, 0.4) is 0 Å². The first-order valence-electron chi connectivity index (χ1n) is 8.49. The number of aromatic hydroxyl groups is 1. The zero-order chi connectivity index (χ0) is 18.9. The number of phenolic OH excluding ortho intramolecular Hbond substituents is 1. The van der Waals surface area contributed by atoms with Gasteiger partial charge in [0, 0.05) is 18.5 Å². The number of carbonyl (C=O) groups excluding carboxylic acids is 1. The molecule has 0 heterocycles. The Kier molecular flexibility index (Phi) is 7.17. The van der Waals surface area contributed by atoms with E-state index in [0.29, 0.717) is 17.9 Å². The highest BCUT2D eigenvalue weighted by Crippen LogP contribution is 2.14. The van der Waals surface area contributed by atoms with Gasteiger partial charge in [-0.15, -0.1) is 0 Å². The van der Waals surface area contributed by atoms with Gasteiger partial charge in [-0.1, -0.05) is 12.1 Å². The smallest absolute Gasteiger partial charge is 0.321 e. The van der Waals surface area contributed by atoms with Crippen LogP contribution in [0.4, 0.5) is 0 Å². The van der Waals surface area contributed by atoms with Crippen molar-refractivity contribution in [1.29, 1.82) is 0 Å². The molecule has 0 radical (unpaired) electrons. The van der Waals surface area contributed by atoms with Crippen molar-refractivity contribution in [2.45, 2.75) is 25.8 Å². The van der Waals surface area contributed by atoms with Crippen molar-refractivity contribution in [2.24, 2.45) is 0 Å². The zero-order valence-electron chi connectivity index (χ0n) is 14.6. The fourth-order valence-corrected chi connectivity index (χ4v) is 2.52. The summed E-state index contributed by atoms with van der Waals surface area (Å²) in [5, 5.41) is 21.5. The number of nitrogens with one attached hydrogen (secondary N) is 1. The number of benzene rings is 2. The predicted octanol–water partition coefficient (Wildman–Crippen LogP) is 2.65. The molecule has 0 fully saturated rings. The third-order valence-corrected chi connectivity index (χ3v) is 3.90. The van der Waals surface area contributed by atoms with Crippen molar-refractivity contribution in [3.8, 4) is 11.5 Å². The van der Waals surface area contributed by atoms with E-state index in [9.17, 15) is 19.8 Å². The Morgan fingerprint density at radius 1 is 1.08 bits per heavy atom. The lowest BCUT2D eigenvalue weighted by Gasteiger charge is -2.14. The summed E-state index contributed by atoms with van der Waals surface area (Å²) in [5.41, 5.74) is 1.36. The number of carboxylic acids is 1. The Morgan fingerprint density at radius 2 is 1.73 bits per heavy atom. The zero-order valence-corrected chi connectivity index (χ0v) is 14.6. The number of hydrogen-bond donors (Lipinski definition) is 3. The third kappa shape index (κ3) is 5.89. The number of carboxylic acid groups (broad SMARTS) is 1. The van der Waals surface area contributed by atoms with Crippen LogP contribution in [0.25, 0.3) is 0 Å². The average molecular weight is 357 g/mol. The molecule has 2 aromatic rings. The predicted molar refractivity (Wildman–Crippen MR) is 97.8 cm³/mol. The molecular weight excluding hydrogens is 334 g/mol. The molecule has 3 N–H and O–H groups in total. The van der Waals surface area contributed by atoms with Gasteiger partial charge < -0.3 is 20.3 Å². The van der Waals surface area contributed by atoms with Crippen LogP contribution in [-0.4, -0.2) is 41.2 Å². The van der Waals surface area contributed by atoms with Crippen LogP contribution in [0.2, 0.25) is 0 Å². The summed E-state index contributed by atoms with van der Waals surface area (Å²) in [6.07, 6.45) is 0.472. The molecule has 6 heteroatoms. The van der Waals surface area contributed by atoms with Crippen LogP contribution in [0, 0.1) is 0 Å². The minimum atomic E-state index is -0.980. The van der Waals surface area contributed by atoms with Crippen LogP contribution in [0.5, 0.6) is 11.5 Å². The minimum absolute atomic E-state index is 0.0608. The SMILES string of the molecule is CCOc1ccc(C(=O)CCN[C@@H](Cc2ccc(O)cc2)C(=O)O)cc1. The molecule has 26 heavy (non-hydrogen) atoms. The van der Waals surface area contributed by atoms with Crippen LogP contribution in [0.1, 0.15) is 29.3 Å². The molecule has 0 aliphatic carbocycles. The van der Waals surface area contributed by atoms with Gasteiger partial charge in [-0.25, -0.2) is 0 Å². The van der Waals surface area contributed by atoms with Crippen LogP contribution in [0.15, 0.2) is 48.5 Å². The van der Waals surface area contributed by atoms with Gasteiger partial charge >= 0.3 is 5.97 Å². The Morgan fingerprint density at radius 3 is 2.31 bits per heavy atom. The van der Waals surface area contributed by atoms with Crippen molar-refractivity contribution < 1.29 is 24.5 Å². The lowest BCUT2D eigenvalue weighted by Crippen LogP contribution is -2.39. The quantitative estimate of drug-likeness (QED) is 0.566. The summed E-state index contributed by atoms with van der Waals surface area (Å²) < 4.78 is 5.34. The highest BCUT2D eigenvalue weighted by molar-refractivity contribution is 5.96. The molecule has 2 aromatic carbocycles. The summed E-state index contributed by atoms with van der Waals surface area (Å²) in [6, 6.07) is 12.5. The highest BCUT2D eigenvalue weighted by atomic mass is 16.5. The second-order valence-corrected chi connectivity index (χ2v) is 5.85. The van der Waals surface area contributed by atoms with Crippen molar-refractivity contribution in [1.82, 2.24) is 5.32 Å². The molecule has 6 nitrogen and oxygen atoms in total. The van der Waals surface area contributed by atoms with Gasteiger partial charge in [-0.3, -0.25) is 9.59 Å². The van der Waals surface area contributed by atoms with Gasteiger partial charge in [0.1, 0.15) is 17.5 Å².